The topological polar surface area (TPSA) is 134 Å². The molecule has 9 heteroatoms. The largest absolute Gasteiger partial charge is 0.455 e. The number of halogens is 1. The van der Waals surface area contributed by atoms with Crippen LogP contribution in [0.4, 0.5) is 10.1 Å². The van der Waals surface area contributed by atoms with Crippen LogP contribution in [0.1, 0.15) is 36.5 Å². The predicted molar refractivity (Wildman–Crippen MR) is 107 cm³/mol. The monoisotopic (exact) mass is 412 g/mol. The number of esters is 1. The molecule has 3 rings (SSSR count). The van der Waals surface area contributed by atoms with Crippen molar-refractivity contribution < 1.29 is 23.5 Å². The number of rotatable bonds is 7. The number of cyclic esters (lactones) is 1. The molecule has 156 valence electrons. The van der Waals surface area contributed by atoms with Crippen LogP contribution in [-0.2, 0) is 19.1 Å². The lowest BCUT2D eigenvalue weighted by atomic mass is 10.0. The van der Waals surface area contributed by atoms with Crippen molar-refractivity contribution in [2.45, 2.75) is 31.4 Å². The second-order valence-electron chi connectivity index (χ2n) is 6.88. The Labute approximate surface area is 172 Å². The lowest BCUT2D eigenvalue weighted by Gasteiger charge is -2.19. The SMILES string of the molecule is N=C(N)c1ccc(NC(=O)CCC(=O)NC2CC(=O)OC2c2ccc(F)cc2)cc1. The summed E-state index contributed by atoms with van der Waals surface area (Å²) in [6.45, 7) is 0. The number of amides is 2. The number of hydrogen-bond donors (Lipinski definition) is 4. The Kier molecular flexibility index (Phi) is 6.41. The summed E-state index contributed by atoms with van der Waals surface area (Å²) in [7, 11) is 0. The summed E-state index contributed by atoms with van der Waals surface area (Å²) < 4.78 is 18.4. The van der Waals surface area contributed by atoms with Gasteiger partial charge >= 0.3 is 5.97 Å². The van der Waals surface area contributed by atoms with Crippen LogP contribution in [0.15, 0.2) is 48.5 Å². The van der Waals surface area contributed by atoms with Crippen molar-refractivity contribution in [1.82, 2.24) is 5.32 Å². The minimum absolute atomic E-state index is 0.00246. The number of nitrogens with two attached hydrogens (primary N) is 1. The molecule has 2 aromatic rings. The molecule has 1 aliphatic rings. The van der Waals surface area contributed by atoms with Crippen LogP contribution in [0.25, 0.3) is 0 Å². The van der Waals surface area contributed by atoms with Gasteiger partial charge in [0.25, 0.3) is 0 Å². The average molecular weight is 412 g/mol. The first-order valence-electron chi connectivity index (χ1n) is 9.30. The second-order valence-corrected chi connectivity index (χ2v) is 6.88. The molecule has 1 aliphatic heterocycles. The van der Waals surface area contributed by atoms with Gasteiger partial charge < -0.3 is 21.1 Å². The highest BCUT2D eigenvalue weighted by Crippen LogP contribution is 2.30. The van der Waals surface area contributed by atoms with E-state index < -0.39 is 29.8 Å². The number of nitrogens with one attached hydrogen (secondary N) is 3. The van der Waals surface area contributed by atoms with Crippen LogP contribution >= 0.6 is 0 Å². The van der Waals surface area contributed by atoms with E-state index in [4.69, 9.17) is 15.9 Å². The number of carbonyl (C=O) groups is 3. The molecular weight excluding hydrogens is 391 g/mol. The molecule has 2 atom stereocenters. The summed E-state index contributed by atoms with van der Waals surface area (Å²) in [5, 5.41) is 12.7. The van der Waals surface area contributed by atoms with Gasteiger partial charge in [0.05, 0.1) is 12.5 Å². The van der Waals surface area contributed by atoms with Crippen molar-refractivity contribution >= 4 is 29.3 Å². The molecule has 0 spiro atoms. The molecule has 5 N–H and O–H groups in total. The molecule has 1 fully saturated rings. The maximum Gasteiger partial charge on any atom is 0.308 e. The Bertz CT molecular complexity index is 960. The van der Waals surface area contributed by atoms with Crippen LogP contribution in [0.2, 0.25) is 0 Å². The van der Waals surface area contributed by atoms with E-state index in [0.717, 1.165) is 0 Å². The highest BCUT2D eigenvalue weighted by atomic mass is 19.1. The zero-order valence-corrected chi connectivity index (χ0v) is 16.0. The highest BCUT2D eigenvalue weighted by Gasteiger charge is 2.36. The van der Waals surface area contributed by atoms with Gasteiger partial charge in [0.2, 0.25) is 11.8 Å². The number of anilines is 1. The second kappa shape index (κ2) is 9.17. The van der Waals surface area contributed by atoms with E-state index in [-0.39, 0.29) is 31.0 Å². The molecule has 0 radical (unpaired) electrons. The number of amidine groups is 1. The molecule has 30 heavy (non-hydrogen) atoms. The summed E-state index contributed by atoms with van der Waals surface area (Å²) in [5.74, 6) is -1.69. The Morgan fingerprint density at radius 2 is 1.70 bits per heavy atom. The van der Waals surface area contributed by atoms with Crippen LogP contribution in [0.3, 0.4) is 0 Å². The van der Waals surface area contributed by atoms with Gasteiger partial charge in [0.1, 0.15) is 17.8 Å². The lowest BCUT2D eigenvalue weighted by molar-refractivity contribution is -0.141. The fraction of sp³-hybridized carbons (Fsp3) is 0.238. The fourth-order valence-corrected chi connectivity index (χ4v) is 3.10. The van der Waals surface area contributed by atoms with E-state index in [1.54, 1.807) is 24.3 Å². The maximum atomic E-state index is 13.1. The molecule has 0 saturated carbocycles. The van der Waals surface area contributed by atoms with Gasteiger partial charge in [-0.15, -0.1) is 0 Å². The molecule has 2 amide bonds. The standard InChI is InChI=1S/C21H21FN4O4/c22-14-5-1-12(2-6-14)20-16(11-19(29)30-20)26-18(28)10-9-17(27)25-15-7-3-13(4-8-15)21(23)24/h1-8,16,20H,9-11H2,(H3,23,24)(H,25,27)(H,26,28). The van der Waals surface area contributed by atoms with Gasteiger partial charge in [-0.3, -0.25) is 19.8 Å². The van der Waals surface area contributed by atoms with Gasteiger partial charge in [-0.05, 0) is 42.0 Å². The number of benzene rings is 2. The minimum Gasteiger partial charge on any atom is -0.455 e. The van der Waals surface area contributed by atoms with Gasteiger partial charge in [0.15, 0.2) is 0 Å². The normalized spacial score (nSPS) is 17.8. The average Bonchev–Trinajstić information content (AvgIpc) is 3.07. The van der Waals surface area contributed by atoms with Crippen LogP contribution in [0, 0.1) is 11.2 Å². The van der Waals surface area contributed by atoms with E-state index in [9.17, 15) is 18.8 Å². The number of nitrogen functional groups attached to an aromatic ring is 1. The third-order valence-electron chi connectivity index (χ3n) is 4.61. The summed E-state index contributed by atoms with van der Waals surface area (Å²) in [6.07, 6.45) is -0.820. The fourth-order valence-electron chi connectivity index (χ4n) is 3.10. The summed E-state index contributed by atoms with van der Waals surface area (Å²) in [5.41, 5.74) is 7.03. The van der Waals surface area contributed by atoms with Gasteiger partial charge in [0, 0.05) is 24.1 Å². The van der Waals surface area contributed by atoms with Crippen LogP contribution in [-0.4, -0.2) is 29.7 Å². The lowest BCUT2D eigenvalue weighted by Crippen LogP contribution is -2.37. The first kappa shape index (κ1) is 21.0. The van der Waals surface area contributed by atoms with E-state index in [1.165, 1.54) is 24.3 Å². The molecule has 2 unspecified atom stereocenters. The van der Waals surface area contributed by atoms with E-state index in [2.05, 4.69) is 10.6 Å². The molecule has 0 aromatic heterocycles. The van der Waals surface area contributed by atoms with E-state index in [1.807, 2.05) is 0 Å². The molecule has 8 nitrogen and oxygen atoms in total. The predicted octanol–water partition coefficient (Wildman–Crippen LogP) is 2.00. The van der Waals surface area contributed by atoms with Crippen molar-refractivity contribution in [3.8, 4) is 0 Å². The maximum absolute atomic E-state index is 13.1. The Morgan fingerprint density at radius 1 is 1.07 bits per heavy atom. The third kappa shape index (κ3) is 5.40. The zero-order chi connectivity index (χ0) is 21.7. The number of ether oxygens (including phenoxy) is 1. The van der Waals surface area contributed by atoms with Crippen LogP contribution in [0.5, 0.6) is 0 Å². The Balaban J connectivity index is 1.50. The molecule has 0 aliphatic carbocycles. The number of hydrogen-bond acceptors (Lipinski definition) is 5. The summed E-state index contributed by atoms with van der Waals surface area (Å²) in [6, 6.07) is 11.4. The van der Waals surface area contributed by atoms with Crippen molar-refractivity contribution in [3.63, 3.8) is 0 Å². The van der Waals surface area contributed by atoms with Crippen molar-refractivity contribution in [2.24, 2.45) is 5.73 Å². The van der Waals surface area contributed by atoms with Crippen molar-refractivity contribution in [3.05, 3.63) is 65.5 Å². The molecule has 2 aromatic carbocycles. The molecular formula is C21H21FN4O4. The van der Waals surface area contributed by atoms with Crippen molar-refractivity contribution in [1.29, 1.82) is 5.41 Å². The zero-order valence-electron chi connectivity index (χ0n) is 16.0. The Morgan fingerprint density at radius 3 is 2.33 bits per heavy atom. The first-order chi connectivity index (χ1) is 14.3. The molecule has 1 heterocycles. The quantitative estimate of drug-likeness (QED) is 0.313. The van der Waals surface area contributed by atoms with Crippen molar-refractivity contribution in [2.75, 3.05) is 5.32 Å². The minimum atomic E-state index is -0.698. The summed E-state index contributed by atoms with van der Waals surface area (Å²) >= 11 is 0. The smallest absolute Gasteiger partial charge is 0.308 e. The highest BCUT2D eigenvalue weighted by molar-refractivity contribution is 5.96. The number of carbonyl (C=O) groups excluding carboxylic acids is 3. The van der Waals surface area contributed by atoms with Crippen LogP contribution < -0.4 is 16.4 Å². The van der Waals surface area contributed by atoms with E-state index in [0.29, 0.717) is 16.8 Å². The van der Waals surface area contributed by atoms with Gasteiger partial charge in [-0.25, -0.2) is 4.39 Å². The first-order valence-corrected chi connectivity index (χ1v) is 9.30. The molecule has 0 bridgehead atoms. The van der Waals surface area contributed by atoms with E-state index >= 15 is 0 Å². The van der Waals surface area contributed by atoms with Gasteiger partial charge in [-0.2, -0.15) is 0 Å². The van der Waals surface area contributed by atoms with Gasteiger partial charge in [-0.1, -0.05) is 12.1 Å². The summed E-state index contributed by atoms with van der Waals surface area (Å²) in [4.78, 5) is 36.0. The Hall–Kier alpha value is -3.75. The molecule has 1 saturated heterocycles. The third-order valence-corrected chi connectivity index (χ3v) is 4.61.